The lowest BCUT2D eigenvalue weighted by atomic mass is 9.88. The topological polar surface area (TPSA) is 140 Å². The Kier molecular flexibility index (Phi) is 9.18. The van der Waals surface area contributed by atoms with Crippen molar-refractivity contribution in [1.29, 1.82) is 0 Å². The Bertz CT molecular complexity index is 337. The summed E-state index contributed by atoms with van der Waals surface area (Å²) >= 11 is 0. The molecular formula is C15H28O8. The molecule has 0 aliphatic carbocycles. The Morgan fingerprint density at radius 3 is 2.26 bits per heavy atom. The molecule has 0 spiro atoms. The summed E-state index contributed by atoms with van der Waals surface area (Å²) in [6.07, 6.45) is -3.94. The molecule has 8 nitrogen and oxygen atoms in total. The van der Waals surface area contributed by atoms with Crippen molar-refractivity contribution in [3.8, 4) is 0 Å². The summed E-state index contributed by atoms with van der Waals surface area (Å²) < 4.78 is 10.6. The fourth-order valence-electron chi connectivity index (χ4n) is 2.70. The number of rotatable bonds is 10. The van der Waals surface area contributed by atoms with Crippen LogP contribution in [0.25, 0.3) is 0 Å². The molecule has 7 atom stereocenters. The number of aliphatic hydroxyl groups is 6. The molecule has 1 aliphatic heterocycles. The van der Waals surface area contributed by atoms with Crippen LogP contribution in [0.5, 0.6) is 0 Å². The highest BCUT2D eigenvalue weighted by molar-refractivity contribution is 4.89. The minimum Gasteiger partial charge on any atom is -0.396 e. The molecule has 0 aromatic rings. The van der Waals surface area contributed by atoms with Gasteiger partial charge in [-0.15, -0.1) is 6.58 Å². The first-order valence-electron chi connectivity index (χ1n) is 7.76. The molecular weight excluding hydrogens is 308 g/mol. The summed E-state index contributed by atoms with van der Waals surface area (Å²) in [6, 6.07) is 0. The highest BCUT2D eigenvalue weighted by Gasteiger charge is 2.44. The van der Waals surface area contributed by atoms with Gasteiger partial charge in [-0.3, -0.25) is 0 Å². The van der Waals surface area contributed by atoms with Gasteiger partial charge >= 0.3 is 0 Å². The molecule has 0 saturated carbocycles. The van der Waals surface area contributed by atoms with E-state index in [0.717, 1.165) is 0 Å². The first kappa shape index (κ1) is 20.5. The van der Waals surface area contributed by atoms with E-state index in [-0.39, 0.29) is 31.7 Å². The lowest BCUT2D eigenvalue weighted by molar-refractivity contribution is -0.301. The maximum atomic E-state index is 9.85. The van der Waals surface area contributed by atoms with Gasteiger partial charge < -0.3 is 40.1 Å². The Labute approximate surface area is 135 Å². The first-order valence-corrected chi connectivity index (χ1v) is 7.76. The summed E-state index contributed by atoms with van der Waals surface area (Å²) in [6.45, 7) is 3.16. The molecule has 1 aliphatic rings. The van der Waals surface area contributed by atoms with Crippen LogP contribution < -0.4 is 0 Å². The third-order valence-corrected chi connectivity index (χ3v) is 4.24. The van der Waals surface area contributed by atoms with Crippen LogP contribution in [-0.2, 0) is 9.47 Å². The first-order chi connectivity index (χ1) is 11.0. The van der Waals surface area contributed by atoms with Gasteiger partial charge in [0.2, 0.25) is 0 Å². The van der Waals surface area contributed by atoms with E-state index in [0.29, 0.717) is 12.8 Å². The highest BCUT2D eigenvalue weighted by atomic mass is 16.7. The van der Waals surface area contributed by atoms with Gasteiger partial charge in [-0.2, -0.15) is 0 Å². The fourth-order valence-corrected chi connectivity index (χ4v) is 2.70. The quantitative estimate of drug-likeness (QED) is 0.251. The van der Waals surface area contributed by atoms with E-state index in [2.05, 4.69) is 6.58 Å². The third kappa shape index (κ3) is 5.47. The van der Waals surface area contributed by atoms with Gasteiger partial charge in [-0.25, -0.2) is 0 Å². The van der Waals surface area contributed by atoms with Crippen LogP contribution in [0.4, 0.5) is 0 Å². The van der Waals surface area contributed by atoms with E-state index < -0.39 is 37.3 Å². The van der Waals surface area contributed by atoms with Crippen molar-refractivity contribution in [3.05, 3.63) is 12.7 Å². The van der Waals surface area contributed by atoms with E-state index in [4.69, 9.17) is 19.7 Å². The second kappa shape index (κ2) is 10.3. The summed E-state index contributed by atoms with van der Waals surface area (Å²) in [4.78, 5) is 0. The monoisotopic (exact) mass is 336 g/mol. The predicted octanol–water partition coefficient (Wildman–Crippen LogP) is -2.01. The smallest absolute Gasteiger partial charge is 0.186 e. The number of ether oxygens (including phenoxy) is 2. The standard InChI is InChI=1S/C15H28O8/c1-2-9(7-17)10(3-5-16)4-6-22-15-14(21)13(20)12(19)11(8-18)23-15/h2,9-21H,1,3-8H2/t9?,10?,11-,12-,13+,14-,15-/m1/s1. The average molecular weight is 336 g/mol. The molecule has 6 N–H and O–H groups in total. The van der Waals surface area contributed by atoms with Crippen molar-refractivity contribution >= 4 is 0 Å². The van der Waals surface area contributed by atoms with Gasteiger partial charge in [0.05, 0.1) is 13.2 Å². The molecule has 1 heterocycles. The Morgan fingerprint density at radius 1 is 1.04 bits per heavy atom. The van der Waals surface area contributed by atoms with Crippen molar-refractivity contribution in [2.45, 2.75) is 43.5 Å². The van der Waals surface area contributed by atoms with Crippen LogP contribution in [0.1, 0.15) is 12.8 Å². The van der Waals surface area contributed by atoms with E-state index in [1.807, 2.05) is 0 Å². The van der Waals surface area contributed by atoms with Crippen LogP contribution in [-0.4, -0.2) is 87.8 Å². The Balaban J connectivity index is 2.53. The van der Waals surface area contributed by atoms with E-state index >= 15 is 0 Å². The molecule has 8 heteroatoms. The zero-order chi connectivity index (χ0) is 17.4. The lowest BCUT2D eigenvalue weighted by Gasteiger charge is -2.39. The zero-order valence-corrected chi connectivity index (χ0v) is 13.1. The van der Waals surface area contributed by atoms with Crippen LogP contribution in [0.2, 0.25) is 0 Å². The van der Waals surface area contributed by atoms with Gasteiger partial charge in [0.1, 0.15) is 24.4 Å². The molecule has 1 fully saturated rings. The summed E-state index contributed by atoms with van der Waals surface area (Å²) in [5.74, 6) is -0.229. The molecule has 1 saturated heterocycles. The van der Waals surface area contributed by atoms with Crippen molar-refractivity contribution in [3.63, 3.8) is 0 Å². The van der Waals surface area contributed by atoms with Crippen molar-refractivity contribution in [1.82, 2.24) is 0 Å². The Hall–Kier alpha value is -0.580. The highest BCUT2D eigenvalue weighted by Crippen LogP contribution is 2.24. The lowest BCUT2D eigenvalue weighted by Crippen LogP contribution is -2.59. The zero-order valence-electron chi connectivity index (χ0n) is 13.1. The van der Waals surface area contributed by atoms with Crippen LogP contribution in [0.15, 0.2) is 12.7 Å². The minimum absolute atomic E-state index is 0.0327. The van der Waals surface area contributed by atoms with E-state index in [1.54, 1.807) is 6.08 Å². The normalized spacial score (nSPS) is 34.1. The number of hydrogen-bond donors (Lipinski definition) is 6. The van der Waals surface area contributed by atoms with Gasteiger partial charge in [0.25, 0.3) is 0 Å². The molecule has 23 heavy (non-hydrogen) atoms. The van der Waals surface area contributed by atoms with Crippen molar-refractivity contribution in [2.75, 3.05) is 26.4 Å². The molecule has 2 unspecified atom stereocenters. The Morgan fingerprint density at radius 2 is 1.74 bits per heavy atom. The number of hydrogen-bond acceptors (Lipinski definition) is 8. The summed E-state index contributed by atoms with van der Waals surface area (Å²) in [7, 11) is 0. The third-order valence-electron chi connectivity index (χ3n) is 4.24. The van der Waals surface area contributed by atoms with Gasteiger partial charge in [0, 0.05) is 19.1 Å². The molecule has 0 aromatic carbocycles. The molecule has 0 bridgehead atoms. The second-order valence-corrected chi connectivity index (χ2v) is 5.71. The van der Waals surface area contributed by atoms with Crippen LogP contribution in [0.3, 0.4) is 0 Å². The summed E-state index contributed by atoms with van der Waals surface area (Å²) in [5.41, 5.74) is 0. The predicted molar refractivity (Wildman–Crippen MR) is 80.3 cm³/mol. The van der Waals surface area contributed by atoms with Gasteiger partial charge in [-0.1, -0.05) is 6.08 Å². The maximum Gasteiger partial charge on any atom is 0.186 e. The SMILES string of the molecule is C=CC(CO)C(CCO)CCO[C@@H]1O[C@H](CO)[C@@H](O)[C@H](O)[C@H]1O. The molecule has 136 valence electrons. The molecule has 0 radical (unpaired) electrons. The van der Waals surface area contributed by atoms with Crippen LogP contribution >= 0.6 is 0 Å². The van der Waals surface area contributed by atoms with Crippen molar-refractivity contribution < 1.29 is 40.1 Å². The van der Waals surface area contributed by atoms with Gasteiger partial charge in [-0.05, 0) is 18.8 Å². The van der Waals surface area contributed by atoms with Gasteiger partial charge in [0.15, 0.2) is 6.29 Å². The number of aliphatic hydroxyl groups excluding tert-OH is 6. The average Bonchev–Trinajstić information content (AvgIpc) is 2.56. The second-order valence-electron chi connectivity index (χ2n) is 5.71. The van der Waals surface area contributed by atoms with Crippen molar-refractivity contribution in [2.24, 2.45) is 11.8 Å². The molecule has 0 aromatic heterocycles. The van der Waals surface area contributed by atoms with E-state index in [1.165, 1.54) is 0 Å². The fraction of sp³-hybridized carbons (Fsp3) is 0.867. The summed E-state index contributed by atoms with van der Waals surface area (Å²) in [5, 5.41) is 56.7. The molecule has 0 amide bonds. The largest absolute Gasteiger partial charge is 0.396 e. The maximum absolute atomic E-state index is 9.85. The minimum atomic E-state index is -1.47. The molecule has 1 rings (SSSR count). The van der Waals surface area contributed by atoms with E-state index in [9.17, 15) is 20.4 Å². The van der Waals surface area contributed by atoms with Crippen LogP contribution in [0, 0.1) is 11.8 Å².